The van der Waals surface area contributed by atoms with E-state index < -0.39 is 0 Å². The molecule has 2 atom stereocenters. The topological polar surface area (TPSA) is 83.5 Å². The number of fused-ring (bicyclic) bond motifs is 1. The number of carbonyl (C=O) groups excluding carboxylic acids is 2. The van der Waals surface area contributed by atoms with E-state index in [9.17, 15) is 9.59 Å². The summed E-state index contributed by atoms with van der Waals surface area (Å²) in [5, 5.41) is 9.36. The second-order valence-electron chi connectivity index (χ2n) is 9.48. The minimum Gasteiger partial charge on any atom is -0.493 e. The predicted octanol–water partition coefficient (Wildman–Crippen LogP) is 2.96. The number of allylic oxidation sites excluding steroid dienone is 2. The van der Waals surface area contributed by atoms with Crippen molar-refractivity contribution in [3.8, 4) is 11.5 Å². The Morgan fingerprint density at radius 3 is 2.31 bits per heavy atom. The maximum atomic E-state index is 13.4. The van der Waals surface area contributed by atoms with Crippen molar-refractivity contribution < 1.29 is 19.1 Å². The van der Waals surface area contributed by atoms with Crippen LogP contribution < -0.4 is 14.8 Å². The minimum atomic E-state index is -0.125. The summed E-state index contributed by atoms with van der Waals surface area (Å²) in [5.74, 6) is 1.36. The van der Waals surface area contributed by atoms with Crippen LogP contribution in [0, 0.1) is 11.8 Å². The summed E-state index contributed by atoms with van der Waals surface area (Å²) in [6.45, 7) is 3.10. The van der Waals surface area contributed by atoms with Gasteiger partial charge in [0.25, 0.3) is 0 Å². The molecule has 0 bridgehead atoms. The highest BCUT2D eigenvalue weighted by Gasteiger charge is 2.40. The van der Waals surface area contributed by atoms with Gasteiger partial charge in [-0.05, 0) is 42.2 Å². The van der Waals surface area contributed by atoms with Crippen molar-refractivity contribution in [1.82, 2.24) is 15.2 Å². The van der Waals surface area contributed by atoms with Crippen LogP contribution in [-0.4, -0.2) is 61.3 Å². The summed E-state index contributed by atoms with van der Waals surface area (Å²) in [6.07, 6.45) is 5.75. The minimum absolute atomic E-state index is 0.0426. The number of amides is 2. The number of rotatable bonds is 7. The summed E-state index contributed by atoms with van der Waals surface area (Å²) in [5.41, 5.74) is 4.01. The molecule has 2 amide bonds. The smallest absolute Gasteiger partial charge is 0.247 e. The molecule has 5 rings (SSSR count). The van der Waals surface area contributed by atoms with Crippen molar-refractivity contribution in [2.75, 3.05) is 33.9 Å². The number of nitrogens with one attached hydrogen (secondary N) is 1. The van der Waals surface area contributed by atoms with Gasteiger partial charge in [-0.15, -0.1) is 0 Å². The average Bonchev–Trinajstić information content (AvgIpc) is 2.91. The highest BCUT2D eigenvalue weighted by molar-refractivity contribution is 6.07. The van der Waals surface area contributed by atoms with E-state index in [2.05, 4.69) is 34.5 Å². The van der Waals surface area contributed by atoms with Crippen LogP contribution in [-0.2, 0) is 22.7 Å². The third-order valence-corrected chi connectivity index (χ3v) is 7.14. The highest BCUT2D eigenvalue weighted by atomic mass is 16.5. The zero-order valence-corrected chi connectivity index (χ0v) is 20.8. The van der Waals surface area contributed by atoms with Gasteiger partial charge in [-0.2, -0.15) is 5.10 Å². The molecule has 0 saturated carbocycles. The van der Waals surface area contributed by atoms with Gasteiger partial charge in [0.15, 0.2) is 11.5 Å². The number of hydrogen-bond donors (Lipinski definition) is 1. The molecule has 0 radical (unpaired) electrons. The molecule has 2 aromatic carbocycles. The number of ether oxygens (including phenoxy) is 2. The number of piperazine rings is 1. The first-order chi connectivity index (χ1) is 17.6. The van der Waals surface area contributed by atoms with Crippen LogP contribution in [0.5, 0.6) is 11.5 Å². The van der Waals surface area contributed by atoms with Gasteiger partial charge < -0.3 is 14.8 Å². The van der Waals surface area contributed by atoms with Crippen LogP contribution in [0.1, 0.15) is 29.5 Å². The van der Waals surface area contributed by atoms with Crippen LogP contribution in [0.4, 0.5) is 0 Å². The van der Waals surface area contributed by atoms with Crippen molar-refractivity contribution in [2.24, 2.45) is 16.9 Å². The van der Waals surface area contributed by atoms with E-state index in [1.54, 1.807) is 19.2 Å². The first kappa shape index (κ1) is 24.1. The second kappa shape index (κ2) is 10.5. The Hall–Kier alpha value is -3.65. The summed E-state index contributed by atoms with van der Waals surface area (Å²) < 4.78 is 10.9. The molecule has 2 aromatic rings. The van der Waals surface area contributed by atoms with Gasteiger partial charge >= 0.3 is 0 Å². The van der Waals surface area contributed by atoms with Crippen molar-refractivity contribution in [3.05, 3.63) is 71.3 Å². The summed E-state index contributed by atoms with van der Waals surface area (Å²) >= 11 is 0. The molecule has 1 saturated heterocycles. The third kappa shape index (κ3) is 4.99. The van der Waals surface area contributed by atoms with E-state index in [4.69, 9.17) is 14.6 Å². The van der Waals surface area contributed by atoms with Crippen molar-refractivity contribution in [1.29, 1.82) is 0 Å². The lowest BCUT2D eigenvalue weighted by molar-refractivity contribution is -0.138. The van der Waals surface area contributed by atoms with Crippen molar-refractivity contribution in [2.45, 2.75) is 25.9 Å². The largest absolute Gasteiger partial charge is 0.493 e. The number of hydrogen-bond acceptors (Lipinski definition) is 6. The van der Waals surface area contributed by atoms with E-state index in [-0.39, 0.29) is 23.7 Å². The Morgan fingerprint density at radius 1 is 0.917 bits per heavy atom. The average molecular weight is 489 g/mol. The van der Waals surface area contributed by atoms with Crippen LogP contribution in [0.2, 0.25) is 0 Å². The van der Waals surface area contributed by atoms with Gasteiger partial charge in [-0.1, -0.05) is 36.4 Å². The number of hydrazone groups is 1. The Bertz CT molecular complexity index is 1190. The third-order valence-electron chi connectivity index (χ3n) is 7.14. The molecule has 188 valence electrons. The number of benzene rings is 2. The van der Waals surface area contributed by atoms with E-state index in [0.717, 1.165) is 41.9 Å². The van der Waals surface area contributed by atoms with Gasteiger partial charge in [0.05, 0.1) is 38.9 Å². The molecule has 2 aliphatic heterocycles. The molecule has 36 heavy (non-hydrogen) atoms. The SMILES string of the molecule is COc1ccc(C2=NN(Cc3ccc(CN4CCNC(=O)C4)cc3)C(=O)C3CC=CCC23)cc1OC. The predicted molar refractivity (Wildman–Crippen MR) is 137 cm³/mol. The Labute approximate surface area is 211 Å². The molecule has 0 aromatic heterocycles. The molecule has 8 heteroatoms. The molecule has 2 unspecified atom stereocenters. The lowest BCUT2D eigenvalue weighted by atomic mass is 9.76. The monoisotopic (exact) mass is 488 g/mol. The van der Waals surface area contributed by atoms with Crippen molar-refractivity contribution in [3.63, 3.8) is 0 Å². The van der Waals surface area contributed by atoms with Gasteiger partial charge in [0.2, 0.25) is 11.8 Å². The highest BCUT2D eigenvalue weighted by Crippen LogP contribution is 2.37. The standard InChI is InChI=1S/C28H32N4O4/c1-35-24-12-11-21(15-25(24)36-2)27-22-5-3-4-6-23(22)28(34)32(30-27)17-20-9-7-19(8-10-20)16-31-14-13-29-26(33)18-31/h3-4,7-12,15,22-23H,5-6,13-14,16-18H2,1-2H3,(H,29,33). The first-order valence-corrected chi connectivity index (χ1v) is 12.4. The van der Waals surface area contributed by atoms with E-state index in [1.165, 1.54) is 0 Å². The Morgan fingerprint density at radius 2 is 1.61 bits per heavy atom. The quantitative estimate of drug-likeness (QED) is 0.606. The molecule has 3 aliphatic rings. The van der Waals surface area contributed by atoms with Gasteiger partial charge in [0, 0.05) is 31.1 Å². The summed E-state index contributed by atoms with van der Waals surface area (Å²) in [6, 6.07) is 14.0. The van der Waals surface area contributed by atoms with Gasteiger partial charge in [-0.25, -0.2) is 5.01 Å². The van der Waals surface area contributed by atoms with E-state index in [1.807, 2.05) is 30.3 Å². The fourth-order valence-electron chi connectivity index (χ4n) is 5.22. The second-order valence-corrected chi connectivity index (χ2v) is 9.48. The fraction of sp³-hybridized carbons (Fsp3) is 0.393. The summed E-state index contributed by atoms with van der Waals surface area (Å²) in [7, 11) is 3.24. The Kier molecular flexibility index (Phi) is 7.04. The van der Waals surface area contributed by atoms with E-state index >= 15 is 0 Å². The first-order valence-electron chi connectivity index (χ1n) is 12.4. The fourth-order valence-corrected chi connectivity index (χ4v) is 5.22. The van der Waals surface area contributed by atoms with Gasteiger partial charge in [-0.3, -0.25) is 14.5 Å². The zero-order chi connectivity index (χ0) is 25.1. The molecule has 1 fully saturated rings. The van der Waals surface area contributed by atoms with E-state index in [0.29, 0.717) is 37.6 Å². The molecular formula is C28H32N4O4. The maximum Gasteiger partial charge on any atom is 0.247 e. The molecule has 1 aliphatic carbocycles. The van der Waals surface area contributed by atoms with Crippen LogP contribution >= 0.6 is 0 Å². The number of nitrogens with zero attached hydrogens (tertiary/aromatic N) is 3. The molecular weight excluding hydrogens is 456 g/mol. The van der Waals surface area contributed by atoms with Gasteiger partial charge in [0.1, 0.15) is 0 Å². The molecule has 8 nitrogen and oxygen atoms in total. The Balaban J connectivity index is 1.37. The van der Waals surface area contributed by atoms with Crippen LogP contribution in [0.15, 0.2) is 59.7 Å². The molecule has 1 N–H and O–H groups in total. The number of methoxy groups -OCH3 is 2. The van der Waals surface area contributed by atoms with Crippen molar-refractivity contribution >= 4 is 17.5 Å². The maximum absolute atomic E-state index is 13.4. The van der Waals surface area contributed by atoms with Crippen LogP contribution in [0.25, 0.3) is 0 Å². The van der Waals surface area contributed by atoms with Crippen LogP contribution in [0.3, 0.4) is 0 Å². The zero-order valence-electron chi connectivity index (χ0n) is 20.8. The normalized spacial score (nSPS) is 22.1. The summed E-state index contributed by atoms with van der Waals surface area (Å²) in [4.78, 5) is 27.2. The lowest BCUT2D eigenvalue weighted by Crippen LogP contribution is -2.47. The lowest BCUT2D eigenvalue weighted by Gasteiger charge is -2.37. The molecule has 0 spiro atoms. The molecule has 2 heterocycles. The number of carbonyl (C=O) groups is 2.